The van der Waals surface area contributed by atoms with Gasteiger partial charge in [0.2, 0.25) is 0 Å². The third-order valence-corrected chi connectivity index (χ3v) is 6.75. The number of hydrogen-bond donors (Lipinski definition) is 0. The first-order valence-electron chi connectivity index (χ1n) is 11.3. The van der Waals surface area contributed by atoms with Crippen molar-refractivity contribution in [2.45, 2.75) is 24.6 Å². The van der Waals surface area contributed by atoms with Crippen LogP contribution in [0.15, 0.2) is 83.9 Å². The minimum Gasteiger partial charge on any atom is -0.241 e. The first-order chi connectivity index (χ1) is 17.0. The van der Waals surface area contributed by atoms with Gasteiger partial charge < -0.3 is 0 Å². The minimum atomic E-state index is 0.577. The number of hydrogen-bond acceptors (Lipinski definition) is 3. The predicted molar refractivity (Wildman–Crippen MR) is 150 cm³/mol. The van der Waals surface area contributed by atoms with Crippen LogP contribution in [0.5, 0.6) is 0 Å². The molecule has 0 aliphatic carbocycles. The van der Waals surface area contributed by atoms with Gasteiger partial charge in [-0.05, 0) is 60.4 Å². The molecule has 0 N–H and O–H groups in total. The van der Waals surface area contributed by atoms with Crippen LogP contribution in [0.4, 0.5) is 0 Å². The maximum absolute atomic E-state index is 10.0. The zero-order chi connectivity index (χ0) is 24.6. The molecule has 0 aliphatic rings. The smallest absolute Gasteiger partial charge is 0.115 e. The van der Waals surface area contributed by atoms with Crippen molar-refractivity contribution >= 4 is 47.7 Å². The first kappa shape index (κ1) is 24.5. The summed E-state index contributed by atoms with van der Waals surface area (Å²) in [6.45, 7) is 4.14. The topological polar surface area (TPSA) is 36.7 Å². The normalized spacial score (nSPS) is 11.3. The maximum Gasteiger partial charge on any atom is 0.115 e. The molecule has 0 amide bonds. The Kier molecular flexibility index (Phi) is 8.21. The molecular formula is C31H25ClN2S. The van der Waals surface area contributed by atoms with Crippen molar-refractivity contribution in [2.75, 3.05) is 0 Å². The van der Waals surface area contributed by atoms with E-state index in [-0.39, 0.29) is 0 Å². The molecule has 4 heteroatoms. The summed E-state index contributed by atoms with van der Waals surface area (Å²) in [7, 11) is 0. The third kappa shape index (κ3) is 6.96. The van der Waals surface area contributed by atoms with Gasteiger partial charge in [0.05, 0.1) is 11.3 Å². The molecule has 0 bridgehead atoms. The molecule has 0 saturated heterocycles. The highest BCUT2D eigenvalue weighted by Crippen LogP contribution is 2.29. The Hall–Kier alpha value is -3.58. The molecule has 1 aromatic heterocycles. The Morgan fingerprint density at radius 3 is 2.06 bits per heavy atom. The second-order valence-corrected chi connectivity index (χ2v) is 9.74. The van der Waals surface area contributed by atoms with Crippen LogP contribution in [-0.2, 0) is 5.75 Å². The summed E-state index contributed by atoms with van der Waals surface area (Å²) >= 11 is 7.71. The molecule has 0 fully saturated rings. The third-order valence-electron chi connectivity index (χ3n) is 5.47. The summed E-state index contributed by atoms with van der Waals surface area (Å²) in [4.78, 5) is 4.83. The van der Waals surface area contributed by atoms with Crippen molar-refractivity contribution in [2.24, 2.45) is 0 Å². The molecule has 0 atom stereocenters. The van der Waals surface area contributed by atoms with Crippen LogP contribution in [0.2, 0.25) is 5.02 Å². The molecule has 0 radical (unpaired) electrons. The molecule has 0 saturated carbocycles. The molecule has 3 aromatic carbocycles. The number of nitrogens with zero attached hydrogens (tertiary/aromatic N) is 2. The molecule has 2 nitrogen and oxygen atoms in total. The number of nitriles is 1. The van der Waals surface area contributed by atoms with E-state index in [0.717, 1.165) is 27.9 Å². The van der Waals surface area contributed by atoms with Gasteiger partial charge in [0.15, 0.2) is 0 Å². The fourth-order valence-corrected chi connectivity index (χ4v) is 4.67. The zero-order valence-electron chi connectivity index (χ0n) is 19.7. The van der Waals surface area contributed by atoms with E-state index in [1.165, 1.54) is 11.1 Å². The van der Waals surface area contributed by atoms with E-state index in [1.807, 2.05) is 54.6 Å². The highest BCUT2D eigenvalue weighted by atomic mass is 35.5. The molecule has 4 rings (SSSR count). The number of benzene rings is 3. The zero-order valence-corrected chi connectivity index (χ0v) is 21.3. The van der Waals surface area contributed by atoms with Gasteiger partial charge in [-0.15, -0.1) is 11.8 Å². The summed E-state index contributed by atoms with van der Waals surface area (Å²) < 4.78 is 0. The van der Waals surface area contributed by atoms with Crippen molar-refractivity contribution in [3.63, 3.8) is 0 Å². The van der Waals surface area contributed by atoms with E-state index in [2.05, 4.69) is 68.4 Å². The number of rotatable bonds is 7. The maximum atomic E-state index is 10.0. The van der Waals surface area contributed by atoms with Crippen LogP contribution in [0.1, 0.15) is 44.6 Å². The average molecular weight is 493 g/mol. The molecular weight excluding hydrogens is 468 g/mol. The summed E-state index contributed by atoms with van der Waals surface area (Å²) in [5.74, 6) is 0.675. The lowest BCUT2D eigenvalue weighted by Crippen LogP contribution is -1.95. The van der Waals surface area contributed by atoms with Crippen LogP contribution >= 0.6 is 23.4 Å². The van der Waals surface area contributed by atoms with Gasteiger partial charge in [-0.1, -0.05) is 102 Å². The molecule has 0 unspecified atom stereocenters. The highest BCUT2D eigenvalue weighted by molar-refractivity contribution is 7.98. The van der Waals surface area contributed by atoms with E-state index >= 15 is 0 Å². The summed E-state index contributed by atoms with van der Waals surface area (Å²) in [5.41, 5.74) is 7.95. The van der Waals surface area contributed by atoms with Gasteiger partial charge in [-0.3, -0.25) is 0 Å². The van der Waals surface area contributed by atoms with E-state index in [0.29, 0.717) is 21.4 Å². The molecule has 1 heterocycles. The summed E-state index contributed by atoms with van der Waals surface area (Å²) in [6, 6.07) is 28.8. The van der Waals surface area contributed by atoms with E-state index in [9.17, 15) is 5.26 Å². The summed E-state index contributed by atoms with van der Waals surface area (Å²) in [6.07, 6.45) is 8.08. The fourth-order valence-electron chi connectivity index (χ4n) is 3.50. The van der Waals surface area contributed by atoms with Gasteiger partial charge >= 0.3 is 0 Å². The standard InChI is InChI=1S/C31H25ClN2S/c1-22-6-10-24(11-7-22)14-16-27-19-29(17-15-25-12-8-23(2)9-13-25)34-31(30(27)20-33)35-21-26-4-3-5-28(32)18-26/h3-19H,21H2,1-2H3/b16-14+,17-15+. The van der Waals surface area contributed by atoms with Crippen LogP contribution < -0.4 is 0 Å². The second kappa shape index (κ2) is 11.7. The summed E-state index contributed by atoms with van der Waals surface area (Å²) in [5, 5.41) is 11.4. The molecule has 4 aromatic rings. The van der Waals surface area contributed by atoms with Crippen molar-refractivity contribution < 1.29 is 0 Å². The van der Waals surface area contributed by atoms with E-state index in [4.69, 9.17) is 16.6 Å². The Morgan fingerprint density at radius 2 is 1.46 bits per heavy atom. The molecule has 35 heavy (non-hydrogen) atoms. The number of aromatic nitrogens is 1. The van der Waals surface area contributed by atoms with E-state index < -0.39 is 0 Å². The number of halogens is 1. The van der Waals surface area contributed by atoms with Gasteiger partial charge in [0, 0.05) is 10.8 Å². The second-order valence-electron chi connectivity index (χ2n) is 8.33. The number of thioether (sulfide) groups is 1. The fraction of sp³-hybridized carbons (Fsp3) is 0.0968. The van der Waals surface area contributed by atoms with Crippen LogP contribution in [0.3, 0.4) is 0 Å². The number of pyridine rings is 1. The van der Waals surface area contributed by atoms with Crippen LogP contribution in [0.25, 0.3) is 24.3 Å². The molecule has 0 spiro atoms. The average Bonchev–Trinajstić information content (AvgIpc) is 2.86. The highest BCUT2D eigenvalue weighted by Gasteiger charge is 2.12. The van der Waals surface area contributed by atoms with Crippen molar-refractivity contribution in [3.05, 3.63) is 129 Å². The SMILES string of the molecule is Cc1ccc(/C=C/c2cc(/C=C/c3ccc(C)cc3)c(C#N)c(SCc3cccc(Cl)c3)n2)cc1. The number of aryl methyl sites for hydroxylation is 2. The minimum absolute atomic E-state index is 0.577. The van der Waals surface area contributed by atoms with Crippen molar-refractivity contribution in [3.8, 4) is 6.07 Å². The molecule has 0 aliphatic heterocycles. The van der Waals surface area contributed by atoms with Gasteiger partial charge in [0.1, 0.15) is 11.1 Å². The quantitative estimate of drug-likeness (QED) is 0.242. The van der Waals surface area contributed by atoms with Gasteiger partial charge in [-0.2, -0.15) is 5.26 Å². The first-order valence-corrected chi connectivity index (χ1v) is 12.7. The molecule has 172 valence electrons. The largest absolute Gasteiger partial charge is 0.241 e. The van der Waals surface area contributed by atoms with Crippen LogP contribution in [0, 0.1) is 25.2 Å². The van der Waals surface area contributed by atoms with Crippen molar-refractivity contribution in [1.29, 1.82) is 5.26 Å². The lowest BCUT2D eigenvalue weighted by molar-refractivity contribution is 1.09. The van der Waals surface area contributed by atoms with Gasteiger partial charge in [0.25, 0.3) is 0 Å². The van der Waals surface area contributed by atoms with Crippen molar-refractivity contribution in [1.82, 2.24) is 4.98 Å². The Morgan fingerprint density at radius 1 is 0.829 bits per heavy atom. The Bertz CT molecular complexity index is 1410. The monoisotopic (exact) mass is 492 g/mol. The Balaban J connectivity index is 1.69. The predicted octanol–water partition coefficient (Wildman–Crippen LogP) is 8.86. The lowest BCUT2D eigenvalue weighted by Gasteiger charge is -2.09. The van der Waals surface area contributed by atoms with Gasteiger partial charge in [-0.25, -0.2) is 4.98 Å². The van der Waals surface area contributed by atoms with Crippen LogP contribution in [-0.4, -0.2) is 4.98 Å². The lowest BCUT2D eigenvalue weighted by atomic mass is 10.1. The Labute approximate surface area is 216 Å². The van der Waals surface area contributed by atoms with E-state index in [1.54, 1.807) is 11.8 Å².